The predicted molar refractivity (Wildman–Crippen MR) is 78.5 cm³/mol. The van der Waals surface area contributed by atoms with Crippen molar-refractivity contribution in [3.63, 3.8) is 0 Å². The molecule has 0 aromatic carbocycles. The fourth-order valence-electron chi connectivity index (χ4n) is 2.86. The zero-order valence-corrected chi connectivity index (χ0v) is 12.8. The molecule has 0 bridgehead atoms. The Bertz CT molecular complexity index is 279. The maximum atomic E-state index is 12.2. The van der Waals surface area contributed by atoms with Crippen LogP contribution in [0.2, 0.25) is 0 Å². The molecule has 19 heavy (non-hydrogen) atoms. The van der Waals surface area contributed by atoms with E-state index in [1.54, 1.807) is 0 Å². The number of hydrogen-bond donors (Lipinski definition) is 2. The SMILES string of the molecule is CCC(NC(=O)C(C)C1CNC1)C1CCOCC1.Cl. The van der Waals surface area contributed by atoms with Gasteiger partial charge in [0, 0.05) is 25.2 Å². The van der Waals surface area contributed by atoms with Gasteiger partial charge in [-0.2, -0.15) is 0 Å². The van der Waals surface area contributed by atoms with Crippen LogP contribution in [0.25, 0.3) is 0 Å². The molecule has 2 aliphatic heterocycles. The second kappa shape index (κ2) is 8.08. The largest absolute Gasteiger partial charge is 0.381 e. The number of carbonyl (C=O) groups is 1. The van der Waals surface area contributed by atoms with Gasteiger partial charge in [0.05, 0.1) is 0 Å². The van der Waals surface area contributed by atoms with Gasteiger partial charge in [0.15, 0.2) is 0 Å². The summed E-state index contributed by atoms with van der Waals surface area (Å²) in [5.74, 6) is 1.50. The number of hydrogen-bond acceptors (Lipinski definition) is 3. The molecule has 2 atom stereocenters. The molecule has 0 aliphatic carbocycles. The summed E-state index contributed by atoms with van der Waals surface area (Å²) < 4.78 is 5.39. The Labute approximate surface area is 122 Å². The average Bonchev–Trinajstić information content (AvgIpc) is 2.34. The quantitative estimate of drug-likeness (QED) is 0.808. The molecule has 0 saturated carbocycles. The maximum absolute atomic E-state index is 12.2. The van der Waals surface area contributed by atoms with E-state index in [4.69, 9.17) is 4.74 Å². The van der Waals surface area contributed by atoms with E-state index in [0.29, 0.717) is 17.9 Å². The zero-order chi connectivity index (χ0) is 13.0. The molecule has 2 heterocycles. The van der Waals surface area contributed by atoms with Crippen molar-refractivity contribution in [2.45, 2.75) is 39.2 Å². The van der Waals surface area contributed by atoms with Gasteiger partial charge in [-0.3, -0.25) is 4.79 Å². The molecule has 2 fully saturated rings. The molecule has 2 rings (SSSR count). The smallest absolute Gasteiger partial charge is 0.223 e. The van der Waals surface area contributed by atoms with Crippen molar-refractivity contribution < 1.29 is 9.53 Å². The number of carbonyl (C=O) groups excluding carboxylic acids is 1. The van der Waals surface area contributed by atoms with Crippen LogP contribution in [-0.2, 0) is 9.53 Å². The van der Waals surface area contributed by atoms with Crippen molar-refractivity contribution in [1.82, 2.24) is 10.6 Å². The van der Waals surface area contributed by atoms with Gasteiger partial charge >= 0.3 is 0 Å². The molecule has 112 valence electrons. The predicted octanol–water partition coefficient (Wildman–Crippen LogP) is 1.59. The van der Waals surface area contributed by atoms with Gasteiger partial charge in [0.1, 0.15) is 0 Å². The summed E-state index contributed by atoms with van der Waals surface area (Å²) >= 11 is 0. The van der Waals surface area contributed by atoms with Crippen molar-refractivity contribution in [3.8, 4) is 0 Å². The van der Waals surface area contributed by atoms with Crippen LogP contribution in [0.3, 0.4) is 0 Å². The Morgan fingerprint density at radius 2 is 1.95 bits per heavy atom. The molecule has 0 aromatic heterocycles. The Morgan fingerprint density at radius 3 is 2.42 bits per heavy atom. The van der Waals surface area contributed by atoms with E-state index in [1.165, 1.54) is 0 Å². The van der Waals surface area contributed by atoms with Crippen LogP contribution >= 0.6 is 12.4 Å². The third-order valence-corrected chi connectivity index (χ3v) is 4.54. The molecule has 4 nitrogen and oxygen atoms in total. The summed E-state index contributed by atoms with van der Waals surface area (Å²) in [6, 6.07) is 0.330. The molecule has 2 N–H and O–H groups in total. The van der Waals surface area contributed by atoms with Gasteiger partial charge < -0.3 is 15.4 Å². The molecule has 2 aliphatic rings. The molecule has 5 heteroatoms. The number of nitrogens with one attached hydrogen (secondary N) is 2. The standard InChI is InChI=1S/C14H26N2O2.ClH/c1-3-13(11-4-6-18-7-5-11)16-14(17)10(2)12-8-15-9-12;/h10-13,15H,3-9H2,1-2H3,(H,16,17);1H. The van der Waals surface area contributed by atoms with Gasteiger partial charge in [0.25, 0.3) is 0 Å². The Morgan fingerprint density at radius 1 is 1.32 bits per heavy atom. The lowest BCUT2D eigenvalue weighted by Gasteiger charge is -2.35. The first-order chi connectivity index (χ1) is 8.72. The first-order valence-corrected chi connectivity index (χ1v) is 7.31. The summed E-state index contributed by atoms with van der Waals surface area (Å²) in [6.07, 6.45) is 3.18. The molecule has 0 spiro atoms. The van der Waals surface area contributed by atoms with Crippen molar-refractivity contribution in [2.24, 2.45) is 17.8 Å². The molecular weight excluding hydrogens is 264 g/mol. The lowest BCUT2D eigenvalue weighted by molar-refractivity contribution is -0.128. The number of halogens is 1. The third-order valence-electron chi connectivity index (χ3n) is 4.54. The fraction of sp³-hybridized carbons (Fsp3) is 0.929. The normalized spacial score (nSPS) is 23.9. The monoisotopic (exact) mass is 290 g/mol. The fourth-order valence-corrected chi connectivity index (χ4v) is 2.86. The van der Waals surface area contributed by atoms with Crippen LogP contribution in [0.4, 0.5) is 0 Å². The van der Waals surface area contributed by atoms with Gasteiger partial charge in [0.2, 0.25) is 5.91 Å². The minimum absolute atomic E-state index is 0. The number of amides is 1. The van der Waals surface area contributed by atoms with Crippen molar-refractivity contribution in [2.75, 3.05) is 26.3 Å². The summed E-state index contributed by atoms with van der Waals surface area (Å²) in [5.41, 5.74) is 0. The second-order valence-corrected chi connectivity index (χ2v) is 5.68. The zero-order valence-electron chi connectivity index (χ0n) is 12.0. The van der Waals surface area contributed by atoms with Crippen LogP contribution in [0, 0.1) is 17.8 Å². The Kier molecular flexibility index (Phi) is 7.11. The van der Waals surface area contributed by atoms with Crippen molar-refractivity contribution in [1.29, 1.82) is 0 Å². The minimum Gasteiger partial charge on any atom is -0.381 e. The second-order valence-electron chi connectivity index (χ2n) is 5.68. The van der Waals surface area contributed by atoms with Crippen LogP contribution in [0.1, 0.15) is 33.1 Å². The molecule has 2 unspecified atom stereocenters. The van der Waals surface area contributed by atoms with Gasteiger partial charge in [-0.25, -0.2) is 0 Å². The first-order valence-electron chi connectivity index (χ1n) is 7.31. The number of rotatable bonds is 5. The van der Waals surface area contributed by atoms with Gasteiger partial charge in [-0.1, -0.05) is 13.8 Å². The highest BCUT2D eigenvalue weighted by molar-refractivity contribution is 5.85. The van der Waals surface area contributed by atoms with E-state index in [1.807, 2.05) is 0 Å². The topological polar surface area (TPSA) is 50.4 Å². The van der Waals surface area contributed by atoms with E-state index >= 15 is 0 Å². The van der Waals surface area contributed by atoms with Gasteiger partial charge in [-0.15, -0.1) is 12.4 Å². The van der Waals surface area contributed by atoms with E-state index in [2.05, 4.69) is 24.5 Å². The van der Waals surface area contributed by atoms with E-state index in [0.717, 1.165) is 45.6 Å². The van der Waals surface area contributed by atoms with Crippen LogP contribution < -0.4 is 10.6 Å². The maximum Gasteiger partial charge on any atom is 0.223 e. The van der Waals surface area contributed by atoms with Crippen molar-refractivity contribution in [3.05, 3.63) is 0 Å². The average molecular weight is 291 g/mol. The van der Waals surface area contributed by atoms with Crippen LogP contribution in [-0.4, -0.2) is 38.3 Å². The lowest BCUT2D eigenvalue weighted by atomic mass is 9.86. The summed E-state index contributed by atoms with van der Waals surface area (Å²) in [5, 5.41) is 6.49. The molecule has 0 aromatic rings. The van der Waals surface area contributed by atoms with Gasteiger partial charge in [-0.05, 0) is 44.2 Å². The Hall–Kier alpha value is -0.320. The third kappa shape index (κ3) is 4.33. The molecular formula is C14H27ClN2O2. The highest BCUT2D eigenvalue weighted by Crippen LogP contribution is 2.22. The van der Waals surface area contributed by atoms with Crippen LogP contribution in [0.15, 0.2) is 0 Å². The minimum atomic E-state index is 0. The summed E-state index contributed by atoms with van der Waals surface area (Å²) in [4.78, 5) is 12.2. The summed E-state index contributed by atoms with van der Waals surface area (Å²) in [7, 11) is 0. The van der Waals surface area contributed by atoms with Crippen molar-refractivity contribution >= 4 is 18.3 Å². The van der Waals surface area contributed by atoms with Crippen LogP contribution in [0.5, 0.6) is 0 Å². The number of ether oxygens (including phenoxy) is 1. The molecule has 1 amide bonds. The Balaban J connectivity index is 0.00000180. The van der Waals surface area contributed by atoms with E-state index in [-0.39, 0.29) is 24.2 Å². The highest BCUT2D eigenvalue weighted by atomic mass is 35.5. The van der Waals surface area contributed by atoms with E-state index in [9.17, 15) is 4.79 Å². The van der Waals surface area contributed by atoms with E-state index < -0.39 is 0 Å². The molecule has 0 radical (unpaired) electrons. The lowest BCUT2D eigenvalue weighted by Crippen LogP contribution is -2.52. The molecule has 2 saturated heterocycles. The first kappa shape index (κ1) is 16.7. The summed E-state index contributed by atoms with van der Waals surface area (Å²) in [6.45, 7) is 7.89. The highest BCUT2D eigenvalue weighted by Gasteiger charge is 2.31.